The average Bonchev–Trinajstić information content (AvgIpc) is 2.99. The second-order valence-corrected chi connectivity index (χ2v) is 9.84. The Morgan fingerprint density at radius 2 is 1.81 bits per heavy atom. The highest BCUT2D eigenvalue weighted by Crippen LogP contribution is 2.64. The van der Waals surface area contributed by atoms with Crippen molar-refractivity contribution >= 4 is 34.8 Å². The van der Waals surface area contributed by atoms with Crippen molar-refractivity contribution in [3.63, 3.8) is 0 Å². The molecule has 0 radical (unpaired) electrons. The highest BCUT2D eigenvalue weighted by molar-refractivity contribution is 6.24. The number of hydrogen-bond acceptors (Lipinski definition) is 2. The molecule has 1 saturated heterocycles. The highest BCUT2D eigenvalue weighted by Gasteiger charge is 2.60. The Morgan fingerprint density at radius 1 is 1.12 bits per heavy atom. The largest absolute Gasteiger partial charge is 0.326 e. The molecule has 138 valence electrons. The summed E-state index contributed by atoms with van der Waals surface area (Å²) in [6, 6.07) is 7.69. The van der Waals surface area contributed by atoms with Crippen molar-refractivity contribution in [3.8, 4) is 0 Å². The molecule has 1 aromatic carbocycles. The summed E-state index contributed by atoms with van der Waals surface area (Å²) in [5, 5.41) is 3.14. The van der Waals surface area contributed by atoms with Gasteiger partial charge in [-0.1, -0.05) is 0 Å². The summed E-state index contributed by atoms with van der Waals surface area (Å²) >= 11 is 6.86. The molecule has 4 saturated carbocycles. The van der Waals surface area contributed by atoms with Crippen LogP contribution in [0.3, 0.4) is 0 Å². The van der Waals surface area contributed by atoms with Crippen LogP contribution in [-0.4, -0.2) is 23.2 Å². The molecule has 5 heteroatoms. The zero-order valence-corrected chi connectivity index (χ0v) is 15.7. The molecule has 6 rings (SSSR count). The third-order valence-electron chi connectivity index (χ3n) is 6.98. The van der Waals surface area contributed by atoms with Crippen molar-refractivity contribution in [2.24, 2.45) is 17.3 Å². The first kappa shape index (κ1) is 16.6. The predicted molar refractivity (Wildman–Crippen MR) is 102 cm³/mol. The summed E-state index contributed by atoms with van der Waals surface area (Å²) in [6.45, 7) is 0.786. The van der Waals surface area contributed by atoms with Crippen LogP contribution in [0, 0.1) is 17.3 Å². The monoisotopic (exact) mass is 372 g/mol. The summed E-state index contributed by atoms with van der Waals surface area (Å²) in [6.07, 6.45) is 7.76. The van der Waals surface area contributed by atoms with Gasteiger partial charge in [-0.15, -0.1) is 11.6 Å². The van der Waals surface area contributed by atoms with Crippen LogP contribution in [0.15, 0.2) is 24.3 Å². The number of alkyl halides is 1. The summed E-state index contributed by atoms with van der Waals surface area (Å²) in [5.74, 6) is 1.55. The number of anilines is 2. The zero-order valence-electron chi connectivity index (χ0n) is 15.0. The second-order valence-electron chi connectivity index (χ2n) is 9.04. The first-order valence-electron chi connectivity index (χ1n) is 9.86. The SMILES string of the molecule is O=C1CCCN1c1ccc(NC(=O)C23CC4CC(CC(Cl)(C4)C2)C3)cc1. The van der Waals surface area contributed by atoms with Gasteiger partial charge in [0, 0.05) is 29.2 Å². The lowest BCUT2D eigenvalue weighted by molar-refractivity contribution is -0.138. The van der Waals surface area contributed by atoms with Crippen molar-refractivity contribution in [1.82, 2.24) is 0 Å². The molecule has 1 heterocycles. The van der Waals surface area contributed by atoms with Gasteiger partial charge in [0.05, 0.1) is 5.41 Å². The fraction of sp³-hybridized carbons (Fsp3) is 0.619. The molecular formula is C21H25ClN2O2. The first-order valence-corrected chi connectivity index (χ1v) is 10.2. The van der Waals surface area contributed by atoms with E-state index in [0.29, 0.717) is 18.3 Å². The lowest BCUT2D eigenvalue weighted by atomic mass is 9.49. The van der Waals surface area contributed by atoms with Gasteiger partial charge in [0.1, 0.15) is 0 Å². The van der Waals surface area contributed by atoms with E-state index >= 15 is 0 Å². The van der Waals surface area contributed by atoms with E-state index in [4.69, 9.17) is 11.6 Å². The van der Waals surface area contributed by atoms with Gasteiger partial charge >= 0.3 is 0 Å². The van der Waals surface area contributed by atoms with E-state index in [9.17, 15) is 9.59 Å². The van der Waals surface area contributed by atoms with Gasteiger partial charge in [-0.3, -0.25) is 9.59 Å². The number of amides is 2. The van der Waals surface area contributed by atoms with Gasteiger partial charge in [-0.05, 0) is 81.0 Å². The van der Waals surface area contributed by atoms with Crippen LogP contribution in [0.2, 0.25) is 0 Å². The molecule has 0 spiro atoms. The minimum absolute atomic E-state index is 0.140. The number of benzene rings is 1. The van der Waals surface area contributed by atoms with Crippen molar-refractivity contribution in [3.05, 3.63) is 24.3 Å². The van der Waals surface area contributed by atoms with E-state index in [0.717, 1.165) is 56.4 Å². The Hall–Kier alpha value is -1.55. The zero-order chi connectivity index (χ0) is 17.9. The normalized spacial score (nSPS) is 38.0. The van der Waals surface area contributed by atoms with Crippen molar-refractivity contribution in [2.75, 3.05) is 16.8 Å². The second kappa shape index (κ2) is 5.72. The van der Waals surface area contributed by atoms with E-state index in [2.05, 4.69) is 5.32 Å². The Kier molecular flexibility index (Phi) is 3.66. The van der Waals surface area contributed by atoms with Crippen molar-refractivity contribution < 1.29 is 9.59 Å². The summed E-state index contributed by atoms with van der Waals surface area (Å²) in [4.78, 5) is 26.7. The fourth-order valence-corrected chi connectivity index (χ4v) is 7.02. The quantitative estimate of drug-likeness (QED) is 0.803. The van der Waals surface area contributed by atoms with Crippen molar-refractivity contribution in [2.45, 2.75) is 56.2 Å². The maximum absolute atomic E-state index is 13.2. The van der Waals surface area contributed by atoms with Crippen molar-refractivity contribution in [1.29, 1.82) is 0 Å². The van der Waals surface area contributed by atoms with E-state index in [-0.39, 0.29) is 22.1 Å². The third kappa shape index (κ3) is 2.65. The van der Waals surface area contributed by atoms with Gasteiger partial charge < -0.3 is 10.2 Å². The summed E-state index contributed by atoms with van der Waals surface area (Å²) in [5.41, 5.74) is 1.44. The number of halogens is 1. The minimum Gasteiger partial charge on any atom is -0.326 e. The van der Waals surface area contributed by atoms with Gasteiger partial charge in [-0.25, -0.2) is 0 Å². The molecule has 5 fully saturated rings. The molecule has 4 nitrogen and oxygen atoms in total. The van der Waals surface area contributed by atoms with Crippen LogP contribution >= 0.6 is 11.6 Å². The Balaban J connectivity index is 1.32. The number of hydrogen-bond donors (Lipinski definition) is 1. The number of carbonyl (C=O) groups excluding carboxylic acids is 2. The van der Waals surface area contributed by atoms with Crippen LogP contribution in [0.25, 0.3) is 0 Å². The van der Waals surface area contributed by atoms with Crippen LogP contribution in [0.5, 0.6) is 0 Å². The van der Waals surface area contributed by atoms with Gasteiger partial charge in [0.15, 0.2) is 0 Å². The molecule has 26 heavy (non-hydrogen) atoms. The van der Waals surface area contributed by atoms with E-state index in [1.165, 1.54) is 6.42 Å². The molecule has 1 N–H and O–H groups in total. The molecule has 2 unspecified atom stereocenters. The van der Waals surface area contributed by atoms with Crippen LogP contribution in [0.1, 0.15) is 51.4 Å². The maximum atomic E-state index is 13.2. The van der Waals surface area contributed by atoms with E-state index in [1.54, 1.807) is 0 Å². The summed E-state index contributed by atoms with van der Waals surface area (Å²) < 4.78 is 0. The van der Waals surface area contributed by atoms with Gasteiger partial charge in [0.2, 0.25) is 11.8 Å². The van der Waals surface area contributed by atoms with E-state index in [1.807, 2.05) is 29.2 Å². The highest BCUT2D eigenvalue weighted by atomic mass is 35.5. The molecule has 2 amide bonds. The van der Waals surface area contributed by atoms with Crippen LogP contribution in [0.4, 0.5) is 11.4 Å². The Labute approximate surface area is 159 Å². The molecular weight excluding hydrogens is 348 g/mol. The molecule has 1 aliphatic heterocycles. The smallest absolute Gasteiger partial charge is 0.230 e. The molecule has 1 aromatic rings. The van der Waals surface area contributed by atoms with Crippen LogP contribution < -0.4 is 10.2 Å². The fourth-order valence-electron chi connectivity index (χ4n) is 6.33. The Bertz CT molecular complexity index is 746. The maximum Gasteiger partial charge on any atom is 0.230 e. The number of rotatable bonds is 3. The van der Waals surface area contributed by atoms with Gasteiger partial charge in [0.25, 0.3) is 0 Å². The molecule has 4 aliphatic carbocycles. The van der Waals surface area contributed by atoms with Crippen LogP contribution in [-0.2, 0) is 9.59 Å². The number of nitrogens with zero attached hydrogens (tertiary/aromatic N) is 1. The topological polar surface area (TPSA) is 49.4 Å². The minimum atomic E-state index is -0.282. The molecule has 2 atom stereocenters. The lowest BCUT2D eigenvalue weighted by Crippen LogP contribution is -2.57. The molecule has 5 aliphatic rings. The average molecular weight is 373 g/mol. The molecule has 4 bridgehead atoms. The number of nitrogens with one attached hydrogen (secondary N) is 1. The predicted octanol–water partition coefficient (Wildman–Crippen LogP) is 4.33. The first-order chi connectivity index (χ1) is 12.4. The third-order valence-corrected chi connectivity index (χ3v) is 7.42. The lowest BCUT2D eigenvalue weighted by Gasteiger charge is -2.59. The Morgan fingerprint density at radius 3 is 2.38 bits per heavy atom. The number of carbonyl (C=O) groups is 2. The summed E-state index contributed by atoms with van der Waals surface area (Å²) in [7, 11) is 0. The standard InChI is InChI=1S/C21H25ClN2O2/c22-21-11-14-8-15(12-21)10-20(9-14,13-21)19(26)23-16-3-5-17(6-4-16)24-7-1-2-18(24)25/h3-6,14-15H,1-2,7-13H2,(H,23,26). The van der Waals surface area contributed by atoms with Gasteiger partial charge in [-0.2, -0.15) is 0 Å². The van der Waals surface area contributed by atoms with E-state index < -0.39 is 0 Å². The molecule has 0 aromatic heterocycles.